The Morgan fingerprint density at radius 2 is 1.00 bits per heavy atom. The van der Waals surface area contributed by atoms with Crippen LogP contribution in [0.1, 0.15) is 0 Å². The van der Waals surface area contributed by atoms with Crippen molar-refractivity contribution in [3.63, 3.8) is 0 Å². The molecule has 1 radical (unpaired) electrons. The normalized spacial score (nSPS) is 9.00. The predicted molar refractivity (Wildman–Crippen MR) is 12.4 cm³/mol. The SMILES string of the molecule is [Na].[OH][Rh]([OH])[OH]. The van der Waals surface area contributed by atoms with E-state index in [1.54, 1.807) is 0 Å². The molecule has 0 aliphatic carbocycles. The summed E-state index contributed by atoms with van der Waals surface area (Å²) >= 11 is -3.08. The van der Waals surface area contributed by atoms with Gasteiger partial charge in [0.2, 0.25) is 0 Å². The van der Waals surface area contributed by atoms with Gasteiger partial charge in [-0.15, -0.1) is 0 Å². The van der Waals surface area contributed by atoms with E-state index in [4.69, 9.17) is 11.8 Å². The Balaban J connectivity index is 0. The molecule has 0 saturated heterocycles. The Labute approximate surface area is 58.0 Å². The minimum absolute atomic E-state index is 0. The van der Waals surface area contributed by atoms with Gasteiger partial charge in [0, 0.05) is 29.6 Å². The molecule has 0 aliphatic heterocycles. The zero-order valence-corrected chi connectivity index (χ0v) is 6.31. The summed E-state index contributed by atoms with van der Waals surface area (Å²) in [6.45, 7) is 0. The summed E-state index contributed by atoms with van der Waals surface area (Å²) in [6.07, 6.45) is 0. The summed E-state index contributed by atoms with van der Waals surface area (Å²) in [4.78, 5) is 0. The number of hydrogen-bond donors (Lipinski definition) is 3. The van der Waals surface area contributed by atoms with Gasteiger partial charge in [0.1, 0.15) is 0 Å². The van der Waals surface area contributed by atoms with E-state index < -0.39 is 17.0 Å². The molecule has 0 bridgehead atoms. The predicted octanol–water partition coefficient (Wildman–Crippen LogP) is -2.05. The first kappa shape index (κ1) is 9.71. The molecule has 0 spiro atoms. The Bertz CT molecular complexity index is 11.6. The quantitative estimate of drug-likeness (QED) is 0.373. The molecule has 0 fully saturated rings. The molecule has 31 valence electrons. The molecular formula is H3NaO3Rh. The van der Waals surface area contributed by atoms with Gasteiger partial charge in [0.25, 0.3) is 0 Å². The third kappa shape index (κ3) is 29.9. The molecule has 0 heterocycles. The number of hydrogen-bond acceptors (Lipinski definition) is 3. The number of rotatable bonds is 0. The summed E-state index contributed by atoms with van der Waals surface area (Å²) in [7, 11) is 0. The van der Waals surface area contributed by atoms with Crippen LogP contribution in [0.5, 0.6) is 0 Å². The van der Waals surface area contributed by atoms with Crippen molar-refractivity contribution < 1.29 is 28.8 Å². The van der Waals surface area contributed by atoms with Crippen molar-refractivity contribution in [3.05, 3.63) is 0 Å². The molecule has 0 amide bonds. The van der Waals surface area contributed by atoms with Crippen LogP contribution in [0.4, 0.5) is 0 Å². The van der Waals surface area contributed by atoms with E-state index >= 15 is 0 Å². The van der Waals surface area contributed by atoms with Gasteiger partial charge < -0.3 is 0 Å². The van der Waals surface area contributed by atoms with E-state index in [9.17, 15) is 0 Å². The van der Waals surface area contributed by atoms with Gasteiger partial charge in [0.15, 0.2) is 0 Å². The van der Waals surface area contributed by atoms with Crippen LogP contribution in [0.3, 0.4) is 0 Å². The maximum absolute atomic E-state index is 7.30. The van der Waals surface area contributed by atoms with Gasteiger partial charge >= 0.3 is 28.8 Å². The fourth-order valence-electron chi connectivity index (χ4n) is 0. The summed E-state index contributed by atoms with van der Waals surface area (Å²) in [5.41, 5.74) is 0. The maximum atomic E-state index is 7.30. The van der Waals surface area contributed by atoms with Crippen LogP contribution in [0.2, 0.25) is 0 Å². The van der Waals surface area contributed by atoms with Crippen molar-refractivity contribution in [2.45, 2.75) is 0 Å². The Hall–Kier alpha value is 1.50. The van der Waals surface area contributed by atoms with Crippen LogP contribution in [0, 0.1) is 0 Å². The molecule has 5 heavy (non-hydrogen) atoms. The fourth-order valence-corrected chi connectivity index (χ4v) is 0. The topological polar surface area (TPSA) is 60.7 Å². The van der Waals surface area contributed by atoms with Gasteiger partial charge in [-0.05, 0) is 0 Å². The van der Waals surface area contributed by atoms with E-state index in [0.717, 1.165) is 0 Å². The molecule has 0 aliphatic rings. The first-order valence-electron chi connectivity index (χ1n) is 0.447. The van der Waals surface area contributed by atoms with Crippen molar-refractivity contribution >= 4 is 29.6 Å². The van der Waals surface area contributed by atoms with E-state index in [0.29, 0.717) is 0 Å². The average molecular weight is 177 g/mol. The molecular weight excluding hydrogens is 174 g/mol. The van der Waals surface area contributed by atoms with Crippen LogP contribution in [-0.4, -0.2) is 41.4 Å². The molecule has 0 saturated carbocycles. The Morgan fingerprint density at radius 3 is 1.00 bits per heavy atom. The van der Waals surface area contributed by atoms with Gasteiger partial charge in [0.05, 0.1) is 0 Å². The fraction of sp³-hybridized carbons (Fsp3) is 0. The average Bonchev–Trinajstić information content (AvgIpc) is 0.811. The standard InChI is InChI=1S/Na.3H2O.Rh/h;3*1H2;/q;;;;+3/p-3. The zero-order chi connectivity index (χ0) is 3.58. The molecule has 3 N–H and O–H groups in total. The zero-order valence-electron chi connectivity index (χ0n) is 2.67. The third-order valence-corrected chi connectivity index (χ3v) is 0. The molecule has 0 aromatic carbocycles. The van der Waals surface area contributed by atoms with Crippen molar-refractivity contribution in [1.82, 2.24) is 0 Å². The van der Waals surface area contributed by atoms with E-state index in [-0.39, 0.29) is 29.6 Å². The van der Waals surface area contributed by atoms with E-state index in [1.165, 1.54) is 0 Å². The van der Waals surface area contributed by atoms with Crippen LogP contribution in [0.25, 0.3) is 0 Å². The van der Waals surface area contributed by atoms with Crippen LogP contribution >= 0.6 is 0 Å². The second kappa shape index (κ2) is 5.50. The second-order valence-electron chi connectivity index (χ2n) is 0.200. The molecule has 0 rings (SSSR count). The van der Waals surface area contributed by atoms with Crippen molar-refractivity contribution in [2.24, 2.45) is 0 Å². The molecule has 0 unspecified atom stereocenters. The first-order valence-corrected chi connectivity index (χ1v) is 2.65. The molecule has 0 aromatic heterocycles. The second-order valence-corrected chi connectivity index (χ2v) is 1.18. The molecule has 5 heteroatoms. The summed E-state index contributed by atoms with van der Waals surface area (Å²) in [5, 5.41) is 0. The van der Waals surface area contributed by atoms with Gasteiger partial charge in [-0.25, -0.2) is 0 Å². The van der Waals surface area contributed by atoms with E-state index in [1.807, 2.05) is 0 Å². The third-order valence-electron chi connectivity index (χ3n) is 0. The van der Waals surface area contributed by atoms with Gasteiger partial charge in [-0.1, -0.05) is 0 Å². The Morgan fingerprint density at radius 1 is 1.00 bits per heavy atom. The monoisotopic (exact) mass is 177 g/mol. The summed E-state index contributed by atoms with van der Waals surface area (Å²) in [6, 6.07) is 0. The summed E-state index contributed by atoms with van der Waals surface area (Å²) < 4.78 is 21.9. The van der Waals surface area contributed by atoms with Crippen molar-refractivity contribution in [3.8, 4) is 0 Å². The van der Waals surface area contributed by atoms with Gasteiger partial charge in [-0.2, -0.15) is 0 Å². The van der Waals surface area contributed by atoms with Crippen LogP contribution in [0.15, 0.2) is 0 Å². The first-order chi connectivity index (χ1) is 1.73. The minimum atomic E-state index is -3.08. The molecule has 0 aromatic rings. The van der Waals surface area contributed by atoms with Crippen molar-refractivity contribution in [1.29, 1.82) is 0 Å². The van der Waals surface area contributed by atoms with Crippen LogP contribution in [-0.2, 0) is 17.0 Å². The van der Waals surface area contributed by atoms with Crippen LogP contribution < -0.4 is 0 Å². The molecule has 3 nitrogen and oxygen atoms in total. The summed E-state index contributed by atoms with van der Waals surface area (Å²) in [5.74, 6) is 0. The van der Waals surface area contributed by atoms with Crippen molar-refractivity contribution in [2.75, 3.05) is 0 Å². The van der Waals surface area contributed by atoms with E-state index in [2.05, 4.69) is 0 Å². The van der Waals surface area contributed by atoms with Gasteiger partial charge in [-0.3, -0.25) is 0 Å². The Kier molecular flexibility index (Phi) is 10.7. The molecule has 0 atom stereocenters.